The first kappa shape index (κ1) is 24.3. The van der Waals surface area contributed by atoms with E-state index in [1.165, 1.54) is 11.1 Å². The number of piperazine rings is 1. The third kappa shape index (κ3) is 5.52. The molecule has 0 spiro atoms. The van der Waals surface area contributed by atoms with Crippen molar-refractivity contribution in [3.63, 3.8) is 0 Å². The average molecular weight is 497 g/mol. The molecule has 0 aliphatic carbocycles. The van der Waals surface area contributed by atoms with Crippen molar-refractivity contribution in [3.05, 3.63) is 106 Å². The molecule has 3 heterocycles. The summed E-state index contributed by atoms with van der Waals surface area (Å²) in [5.74, 6) is 6.31. The molecule has 2 aromatic carbocycles. The molecule has 0 bridgehead atoms. The zero-order chi connectivity index (χ0) is 25.1. The van der Waals surface area contributed by atoms with E-state index >= 15 is 0 Å². The zero-order valence-electron chi connectivity index (χ0n) is 20.7. The van der Waals surface area contributed by atoms with Crippen molar-refractivity contribution in [2.24, 2.45) is 0 Å². The van der Waals surface area contributed by atoms with Gasteiger partial charge in [-0.15, -0.1) is 0 Å². The van der Waals surface area contributed by atoms with Crippen molar-refractivity contribution in [2.45, 2.75) is 19.9 Å². The summed E-state index contributed by atoms with van der Waals surface area (Å²) in [7, 11) is 2.17. The van der Waals surface area contributed by atoms with Crippen molar-refractivity contribution in [3.8, 4) is 11.8 Å². The summed E-state index contributed by atoms with van der Waals surface area (Å²) in [6.45, 7) is 7.50. The van der Waals surface area contributed by atoms with Gasteiger partial charge in [-0.3, -0.25) is 14.1 Å². The van der Waals surface area contributed by atoms with E-state index < -0.39 is 0 Å². The minimum Gasteiger partial charge on any atom is -0.304 e. The van der Waals surface area contributed by atoms with Gasteiger partial charge in [0, 0.05) is 56.5 Å². The minimum absolute atomic E-state index is 0.0516. The van der Waals surface area contributed by atoms with E-state index in [9.17, 15) is 4.79 Å². The molecule has 0 amide bonds. The monoisotopic (exact) mass is 496 g/mol. The van der Waals surface area contributed by atoms with Crippen LogP contribution in [-0.2, 0) is 13.0 Å². The highest BCUT2D eigenvalue weighted by Crippen LogP contribution is 2.20. The Morgan fingerprint density at radius 1 is 1.03 bits per heavy atom. The molecule has 36 heavy (non-hydrogen) atoms. The number of fused-ring (bicyclic) bond motifs is 1. The molecule has 0 saturated carbocycles. The number of aryl methyl sites for hydroxylation is 1. The quantitative estimate of drug-likeness (QED) is 0.292. The van der Waals surface area contributed by atoms with Gasteiger partial charge >= 0.3 is 0 Å². The van der Waals surface area contributed by atoms with Crippen molar-refractivity contribution in [1.82, 2.24) is 19.2 Å². The Morgan fingerprint density at radius 2 is 1.86 bits per heavy atom. The molecule has 0 radical (unpaired) electrons. The van der Waals surface area contributed by atoms with Crippen LogP contribution < -0.4 is 0 Å². The average Bonchev–Trinajstić information content (AvgIpc) is 3.29. The lowest BCUT2D eigenvalue weighted by Crippen LogP contribution is -2.43. The second-order valence-electron chi connectivity index (χ2n) is 9.46. The van der Waals surface area contributed by atoms with E-state index in [0.717, 1.165) is 49.6 Å². The predicted molar refractivity (Wildman–Crippen MR) is 145 cm³/mol. The third-order valence-corrected chi connectivity index (χ3v) is 7.12. The van der Waals surface area contributed by atoms with Crippen LogP contribution in [-0.4, -0.2) is 58.2 Å². The van der Waals surface area contributed by atoms with Gasteiger partial charge in [-0.1, -0.05) is 41.8 Å². The number of pyridine rings is 1. The fraction of sp³-hybridized carbons (Fsp3) is 0.267. The molecule has 0 N–H and O–H groups in total. The summed E-state index contributed by atoms with van der Waals surface area (Å²) in [5.41, 5.74) is 6.43. The molecule has 1 aliphatic rings. The number of nitrogens with zero attached hydrogens (tertiary/aromatic N) is 4. The van der Waals surface area contributed by atoms with Crippen LogP contribution >= 0.6 is 11.6 Å². The van der Waals surface area contributed by atoms with E-state index in [1.54, 1.807) is 24.4 Å². The molecule has 5 rings (SSSR count). The molecule has 0 atom stereocenters. The number of carbonyl (C=O) groups excluding carboxylic acids is 1. The van der Waals surface area contributed by atoms with Gasteiger partial charge in [0.2, 0.25) is 0 Å². The number of hydrogen-bond donors (Lipinski definition) is 0. The molecular formula is C30H29ClN4O. The number of likely N-dealkylation sites (N-methyl/N-ethyl adjacent to an activating group) is 1. The number of ketones is 1. The number of rotatable bonds is 5. The summed E-state index contributed by atoms with van der Waals surface area (Å²) < 4.78 is 1.92. The molecule has 1 aliphatic heterocycles. The number of imidazole rings is 1. The number of carbonyl (C=O) groups is 1. The van der Waals surface area contributed by atoms with Gasteiger partial charge < -0.3 is 4.90 Å². The van der Waals surface area contributed by atoms with Gasteiger partial charge in [-0.05, 0) is 66.9 Å². The molecule has 1 fully saturated rings. The Kier molecular flexibility index (Phi) is 7.20. The van der Waals surface area contributed by atoms with E-state index in [1.807, 2.05) is 28.8 Å². The maximum Gasteiger partial charge on any atom is 0.167 e. The lowest BCUT2D eigenvalue weighted by Gasteiger charge is -2.32. The highest BCUT2D eigenvalue weighted by Gasteiger charge is 2.15. The maximum absolute atomic E-state index is 13.1. The highest BCUT2D eigenvalue weighted by molar-refractivity contribution is 6.31. The van der Waals surface area contributed by atoms with Crippen LogP contribution in [0.2, 0.25) is 5.02 Å². The Balaban J connectivity index is 1.29. The molecule has 182 valence electrons. The normalized spacial score (nSPS) is 14.5. The zero-order valence-corrected chi connectivity index (χ0v) is 21.4. The Morgan fingerprint density at radius 3 is 2.67 bits per heavy atom. The predicted octanol–water partition coefficient (Wildman–Crippen LogP) is 4.87. The van der Waals surface area contributed by atoms with Gasteiger partial charge in [0.1, 0.15) is 11.3 Å². The van der Waals surface area contributed by atoms with Crippen LogP contribution in [0.4, 0.5) is 0 Å². The smallest absolute Gasteiger partial charge is 0.167 e. The number of halogens is 1. The standard InChI is InChI=1S/C30H29ClN4O/c1-22-17-23(6-7-26(22)21-34-15-13-33(2)14-16-34)18-29(36)25-9-11-28(31)24(19-25)8-10-27-20-32-30-5-3-4-12-35(27)30/h3-7,9,11-12,17,19-20H,13-16,18,21H2,1-2H3. The topological polar surface area (TPSA) is 40.9 Å². The lowest BCUT2D eigenvalue weighted by atomic mass is 9.98. The van der Waals surface area contributed by atoms with Gasteiger partial charge in [-0.2, -0.15) is 0 Å². The molecule has 5 nitrogen and oxygen atoms in total. The van der Waals surface area contributed by atoms with E-state index in [0.29, 0.717) is 22.6 Å². The summed E-state index contributed by atoms with van der Waals surface area (Å²) in [5, 5.41) is 0.525. The maximum atomic E-state index is 13.1. The molecule has 0 unspecified atom stereocenters. The Bertz CT molecular complexity index is 1470. The van der Waals surface area contributed by atoms with Gasteiger partial charge in [0.15, 0.2) is 5.78 Å². The second-order valence-corrected chi connectivity index (χ2v) is 9.86. The van der Waals surface area contributed by atoms with Gasteiger partial charge in [0.25, 0.3) is 0 Å². The summed E-state index contributed by atoms with van der Waals surface area (Å²) in [4.78, 5) is 22.3. The second kappa shape index (κ2) is 10.7. The van der Waals surface area contributed by atoms with Crippen molar-refractivity contribution in [1.29, 1.82) is 0 Å². The van der Waals surface area contributed by atoms with Crippen LogP contribution in [0, 0.1) is 18.8 Å². The SMILES string of the molecule is Cc1cc(CC(=O)c2ccc(Cl)c(C#Cc3cnc4ccccn34)c2)ccc1CN1CCN(C)CC1. The summed E-state index contributed by atoms with van der Waals surface area (Å²) >= 11 is 6.40. The van der Waals surface area contributed by atoms with Crippen molar-refractivity contribution >= 4 is 23.0 Å². The molecule has 4 aromatic rings. The Labute approximate surface area is 217 Å². The molecular weight excluding hydrogens is 468 g/mol. The van der Waals surface area contributed by atoms with Crippen LogP contribution in [0.3, 0.4) is 0 Å². The van der Waals surface area contributed by atoms with E-state index in [4.69, 9.17) is 11.6 Å². The Hall–Kier alpha value is -3.43. The number of benzene rings is 2. The third-order valence-electron chi connectivity index (χ3n) is 6.79. The molecule has 1 saturated heterocycles. The van der Waals surface area contributed by atoms with Crippen molar-refractivity contribution < 1.29 is 4.79 Å². The lowest BCUT2D eigenvalue weighted by molar-refractivity contribution is 0.0993. The summed E-state index contributed by atoms with van der Waals surface area (Å²) in [6, 6.07) is 17.5. The van der Waals surface area contributed by atoms with Crippen LogP contribution in [0.25, 0.3) is 5.65 Å². The molecule has 6 heteroatoms. The first-order valence-corrected chi connectivity index (χ1v) is 12.6. The van der Waals surface area contributed by atoms with Gasteiger partial charge in [-0.25, -0.2) is 4.98 Å². The van der Waals surface area contributed by atoms with E-state index in [-0.39, 0.29) is 5.78 Å². The molecule has 2 aromatic heterocycles. The van der Waals surface area contributed by atoms with Crippen LogP contribution in [0.15, 0.2) is 67.0 Å². The minimum atomic E-state index is 0.0516. The first-order chi connectivity index (χ1) is 17.5. The fourth-order valence-corrected chi connectivity index (χ4v) is 4.70. The number of Topliss-reactive ketones (excluding diaryl/α,β-unsaturated/α-hetero) is 1. The van der Waals surface area contributed by atoms with Crippen LogP contribution in [0.1, 0.15) is 38.3 Å². The van der Waals surface area contributed by atoms with Crippen LogP contribution in [0.5, 0.6) is 0 Å². The highest BCUT2D eigenvalue weighted by atomic mass is 35.5. The van der Waals surface area contributed by atoms with E-state index in [2.05, 4.69) is 58.8 Å². The number of hydrogen-bond acceptors (Lipinski definition) is 4. The van der Waals surface area contributed by atoms with Gasteiger partial charge in [0.05, 0.1) is 11.2 Å². The first-order valence-electron chi connectivity index (χ1n) is 12.2. The number of aromatic nitrogens is 2. The summed E-state index contributed by atoms with van der Waals surface area (Å²) in [6.07, 6.45) is 4.00. The van der Waals surface area contributed by atoms with Crippen molar-refractivity contribution in [2.75, 3.05) is 33.2 Å². The fourth-order valence-electron chi connectivity index (χ4n) is 4.53. The largest absolute Gasteiger partial charge is 0.304 e.